The summed E-state index contributed by atoms with van der Waals surface area (Å²) in [4.78, 5) is 27.8. The van der Waals surface area contributed by atoms with E-state index in [-0.39, 0.29) is 17.9 Å². The molecule has 2 N–H and O–H groups in total. The van der Waals surface area contributed by atoms with Crippen molar-refractivity contribution in [3.05, 3.63) is 29.0 Å². The minimum absolute atomic E-state index is 0.131. The van der Waals surface area contributed by atoms with E-state index in [1.165, 1.54) is 11.3 Å². The number of likely N-dealkylation sites (tertiary alicyclic amines) is 1. The van der Waals surface area contributed by atoms with E-state index in [1.807, 2.05) is 6.07 Å². The molecule has 0 radical (unpaired) electrons. The molecule has 10 nitrogen and oxygen atoms in total. The van der Waals surface area contributed by atoms with E-state index in [9.17, 15) is 4.79 Å². The largest absolute Gasteiger partial charge is 0.376 e. The lowest BCUT2D eigenvalue weighted by Crippen LogP contribution is -2.39. The molecular formula is C20H25N7O3S. The number of carbonyl (C=O) groups is 1. The molecule has 2 atom stereocenters. The van der Waals surface area contributed by atoms with Gasteiger partial charge in [0.2, 0.25) is 5.95 Å². The highest BCUT2D eigenvalue weighted by Crippen LogP contribution is 2.26. The fourth-order valence-electron chi connectivity index (χ4n) is 3.68. The Morgan fingerprint density at radius 1 is 1.39 bits per heavy atom. The van der Waals surface area contributed by atoms with Crippen molar-refractivity contribution in [3.63, 3.8) is 0 Å². The number of rotatable bonds is 7. The molecule has 2 fully saturated rings. The SMILES string of the molecule is N#CCN1CCC[C@H](c2ccnc(Nc3nc(C(=O)NC[C@H]4COCCO4)cs3)n2)C1. The molecular weight excluding hydrogens is 418 g/mol. The first kappa shape index (κ1) is 21.6. The number of amides is 1. The number of anilines is 2. The Morgan fingerprint density at radius 3 is 3.16 bits per heavy atom. The van der Waals surface area contributed by atoms with Crippen LogP contribution >= 0.6 is 11.3 Å². The summed E-state index contributed by atoms with van der Waals surface area (Å²) in [5.41, 5.74) is 1.28. The van der Waals surface area contributed by atoms with E-state index in [4.69, 9.17) is 14.7 Å². The number of thiazole rings is 1. The lowest BCUT2D eigenvalue weighted by Gasteiger charge is -2.30. The van der Waals surface area contributed by atoms with Crippen LogP contribution in [0.4, 0.5) is 11.1 Å². The summed E-state index contributed by atoms with van der Waals surface area (Å²) in [7, 11) is 0. The Labute approximate surface area is 184 Å². The van der Waals surface area contributed by atoms with Crippen molar-refractivity contribution in [1.29, 1.82) is 5.26 Å². The molecule has 0 spiro atoms. The number of hydrogen-bond acceptors (Lipinski definition) is 10. The highest BCUT2D eigenvalue weighted by atomic mass is 32.1. The first-order valence-corrected chi connectivity index (χ1v) is 11.2. The van der Waals surface area contributed by atoms with E-state index >= 15 is 0 Å². The summed E-state index contributed by atoms with van der Waals surface area (Å²) in [6.07, 6.45) is 3.67. The summed E-state index contributed by atoms with van der Waals surface area (Å²) in [5.74, 6) is 0.464. The van der Waals surface area contributed by atoms with Crippen molar-refractivity contribution in [2.24, 2.45) is 0 Å². The number of nitrogens with one attached hydrogen (secondary N) is 2. The summed E-state index contributed by atoms with van der Waals surface area (Å²) >= 11 is 1.32. The Balaban J connectivity index is 1.33. The highest BCUT2D eigenvalue weighted by molar-refractivity contribution is 7.14. The van der Waals surface area contributed by atoms with E-state index in [0.717, 1.165) is 31.6 Å². The zero-order valence-corrected chi connectivity index (χ0v) is 17.9. The summed E-state index contributed by atoms with van der Waals surface area (Å²) < 4.78 is 10.9. The van der Waals surface area contributed by atoms with Crippen LogP contribution in [0.2, 0.25) is 0 Å². The standard InChI is InChI=1S/C20H25N7O3S/c21-4-7-27-6-1-2-14(11-27)16-3-5-22-19(24-16)26-20-25-17(13-31-20)18(28)23-10-15-12-29-8-9-30-15/h3,5,13-15H,1-2,6-12H2,(H,23,28)(H,22,24,25,26)/t14-,15-/m0/s1. The van der Waals surface area contributed by atoms with E-state index < -0.39 is 0 Å². The van der Waals surface area contributed by atoms with Gasteiger partial charge in [0.25, 0.3) is 5.91 Å². The van der Waals surface area contributed by atoms with E-state index in [1.54, 1.807) is 11.6 Å². The smallest absolute Gasteiger partial charge is 0.270 e. The van der Waals surface area contributed by atoms with Gasteiger partial charge in [-0.25, -0.2) is 15.0 Å². The van der Waals surface area contributed by atoms with Gasteiger partial charge >= 0.3 is 0 Å². The van der Waals surface area contributed by atoms with Crippen LogP contribution in [0.15, 0.2) is 17.6 Å². The van der Waals surface area contributed by atoms with Crippen molar-refractivity contribution in [2.75, 3.05) is 51.3 Å². The molecule has 2 aromatic rings. The van der Waals surface area contributed by atoms with Gasteiger partial charge in [0.15, 0.2) is 5.13 Å². The van der Waals surface area contributed by atoms with Gasteiger partial charge in [-0.1, -0.05) is 0 Å². The maximum Gasteiger partial charge on any atom is 0.270 e. The van der Waals surface area contributed by atoms with Crippen LogP contribution in [-0.4, -0.2) is 77.9 Å². The third-order valence-electron chi connectivity index (χ3n) is 5.23. The average molecular weight is 444 g/mol. The third-order valence-corrected chi connectivity index (χ3v) is 5.98. The number of piperidine rings is 1. The van der Waals surface area contributed by atoms with E-state index in [2.05, 4.69) is 36.6 Å². The highest BCUT2D eigenvalue weighted by Gasteiger charge is 2.23. The van der Waals surface area contributed by atoms with Crippen LogP contribution in [0.3, 0.4) is 0 Å². The quantitative estimate of drug-likeness (QED) is 0.613. The number of hydrogen-bond donors (Lipinski definition) is 2. The van der Waals surface area contributed by atoms with Crippen molar-refractivity contribution in [3.8, 4) is 6.07 Å². The normalized spacial score (nSPS) is 21.9. The fraction of sp³-hybridized carbons (Fsp3) is 0.550. The van der Waals surface area contributed by atoms with Crippen LogP contribution < -0.4 is 10.6 Å². The van der Waals surface area contributed by atoms with Crippen LogP contribution in [0.5, 0.6) is 0 Å². The van der Waals surface area contributed by atoms with Crippen molar-refractivity contribution < 1.29 is 14.3 Å². The van der Waals surface area contributed by atoms with Gasteiger partial charge in [0.1, 0.15) is 5.69 Å². The molecule has 1 amide bonds. The second kappa shape index (κ2) is 10.6. The minimum atomic E-state index is -0.257. The predicted molar refractivity (Wildman–Crippen MR) is 114 cm³/mol. The molecule has 4 heterocycles. The van der Waals surface area contributed by atoms with Gasteiger partial charge in [0, 0.05) is 30.6 Å². The second-order valence-corrected chi connectivity index (χ2v) is 8.34. The van der Waals surface area contributed by atoms with Crippen LogP contribution in [0.1, 0.15) is 34.9 Å². The molecule has 0 saturated carbocycles. The van der Waals surface area contributed by atoms with Crippen molar-refractivity contribution in [2.45, 2.75) is 24.9 Å². The van der Waals surface area contributed by atoms with Gasteiger partial charge in [-0.2, -0.15) is 5.26 Å². The molecule has 0 aromatic carbocycles. The molecule has 4 rings (SSSR count). The first-order chi connectivity index (χ1) is 15.2. The number of ether oxygens (including phenoxy) is 2. The van der Waals surface area contributed by atoms with Crippen molar-refractivity contribution >= 4 is 28.3 Å². The molecule has 11 heteroatoms. The van der Waals surface area contributed by atoms with Crippen LogP contribution in [0.25, 0.3) is 0 Å². The minimum Gasteiger partial charge on any atom is -0.376 e. The molecule has 2 aliphatic rings. The lowest BCUT2D eigenvalue weighted by atomic mass is 9.94. The molecule has 164 valence electrons. The van der Waals surface area contributed by atoms with Gasteiger partial charge in [-0.3, -0.25) is 9.69 Å². The summed E-state index contributed by atoms with van der Waals surface area (Å²) in [6.45, 7) is 4.21. The molecule has 2 aromatic heterocycles. The Morgan fingerprint density at radius 2 is 2.32 bits per heavy atom. The van der Waals surface area contributed by atoms with Gasteiger partial charge in [-0.05, 0) is 25.5 Å². The Bertz CT molecular complexity index is 925. The zero-order valence-electron chi connectivity index (χ0n) is 17.1. The van der Waals surface area contributed by atoms with Crippen LogP contribution in [-0.2, 0) is 9.47 Å². The predicted octanol–water partition coefficient (Wildman–Crippen LogP) is 1.52. The molecule has 0 aliphatic carbocycles. The van der Waals surface area contributed by atoms with Crippen LogP contribution in [0, 0.1) is 11.3 Å². The maximum absolute atomic E-state index is 12.3. The number of nitriles is 1. The topological polar surface area (TPSA) is 125 Å². The maximum atomic E-state index is 12.3. The Hall–Kier alpha value is -2.65. The number of nitrogens with zero attached hydrogens (tertiary/aromatic N) is 5. The molecule has 0 bridgehead atoms. The molecule has 2 aliphatic heterocycles. The molecule has 0 unspecified atom stereocenters. The second-order valence-electron chi connectivity index (χ2n) is 7.48. The first-order valence-electron chi connectivity index (χ1n) is 10.3. The van der Waals surface area contributed by atoms with Crippen molar-refractivity contribution in [1.82, 2.24) is 25.2 Å². The van der Waals surface area contributed by atoms with Gasteiger partial charge < -0.3 is 20.1 Å². The zero-order chi connectivity index (χ0) is 21.5. The van der Waals surface area contributed by atoms with Gasteiger partial charge in [-0.15, -0.1) is 11.3 Å². The Kier molecular flexibility index (Phi) is 7.37. The van der Waals surface area contributed by atoms with Gasteiger partial charge in [0.05, 0.1) is 44.2 Å². The summed E-state index contributed by atoms with van der Waals surface area (Å²) in [6, 6.07) is 4.14. The monoisotopic (exact) mass is 443 g/mol. The lowest BCUT2D eigenvalue weighted by molar-refractivity contribution is -0.0855. The average Bonchev–Trinajstić information content (AvgIpc) is 3.27. The molecule has 2 saturated heterocycles. The summed E-state index contributed by atoms with van der Waals surface area (Å²) in [5, 5.41) is 17.1. The third kappa shape index (κ3) is 5.95. The molecule has 31 heavy (non-hydrogen) atoms. The fourth-order valence-corrected chi connectivity index (χ4v) is 4.37. The number of carbonyl (C=O) groups excluding carboxylic acids is 1. The number of aromatic nitrogens is 3. The van der Waals surface area contributed by atoms with E-state index in [0.29, 0.717) is 49.7 Å².